The van der Waals surface area contributed by atoms with Crippen molar-refractivity contribution in [1.29, 1.82) is 0 Å². The van der Waals surface area contributed by atoms with E-state index < -0.39 is 0 Å². The van der Waals surface area contributed by atoms with Crippen LogP contribution in [0.15, 0.2) is 41.4 Å². The van der Waals surface area contributed by atoms with Gasteiger partial charge in [0.05, 0.1) is 5.69 Å². The monoisotopic (exact) mass is 223 g/mol. The number of nitrogens with zero attached hydrogens (tertiary/aromatic N) is 3. The quantitative estimate of drug-likeness (QED) is 0.694. The van der Waals surface area contributed by atoms with Crippen molar-refractivity contribution in [2.24, 2.45) is 0 Å². The summed E-state index contributed by atoms with van der Waals surface area (Å²) in [5.74, 6) is 0. The molecule has 0 saturated carbocycles. The molecule has 0 radical (unpaired) electrons. The molecule has 2 rings (SSSR count). The van der Waals surface area contributed by atoms with E-state index in [0.717, 1.165) is 10.3 Å². The van der Waals surface area contributed by atoms with Crippen molar-refractivity contribution in [3.05, 3.63) is 41.4 Å². The van der Waals surface area contributed by atoms with Crippen LogP contribution in [0.5, 0.6) is 0 Å². The smallest absolute Gasteiger partial charge is 0.108 e. The third-order valence-corrected chi connectivity index (χ3v) is 1.91. The fourth-order valence-corrected chi connectivity index (χ4v) is 1.31. The maximum Gasteiger partial charge on any atom is 0.108 e. The predicted octanol–water partition coefficient (Wildman–Crippen LogP) is 2.03. The van der Waals surface area contributed by atoms with E-state index in [1.165, 1.54) is 0 Å². The average molecular weight is 224 g/mol. The minimum absolute atomic E-state index is 0.815. The molecule has 2 heterocycles. The summed E-state index contributed by atoms with van der Waals surface area (Å²) in [6.45, 7) is 0. The second-order valence-corrected chi connectivity index (χ2v) is 3.10. The van der Waals surface area contributed by atoms with Crippen LogP contribution in [0.4, 0.5) is 0 Å². The van der Waals surface area contributed by atoms with E-state index in [1.807, 2.05) is 24.4 Å². The normalized spacial score (nSPS) is 10.1. The summed E-state index contributed by atoms with van der Waals surface area (Å²) in [6.07, 6.45) is 5.37. The molecule has 2 aromatic heterocycles. The lowest BCUT2D eigenvalue weighted by atomic mass is 10.4. The van der Waals surface area contributed by atoms with Gasteiger partial charge in [0.2, 0.25) is 0 Å². The fourth-order valence-electron chi connectivity index (χ4n) is 0.956. The highest BCUT2D eigenvalue weighted by Crippen LogP contribution is 2.10. The predicted molar refractivity (Wildman–Crippen MR) is 49.1 cm³/mol. The number of aromatic nitrogens is 3. The Kier molecular flexibility index (Phi) is 1.91. The lowest BCUT2D eigenvalue weighted by Gasteiger charge is -1.99. The van der Waals surface area contributed by atoms with Crippen molar-refractivity contribution in [1.82, 2.24) is 14.8 Å². The Bertz CT molecular complexity index is 370. The molecule has 4 heteroatoms. The molecular weight excluding hydrogens is 218 g/mol. The Balaban J connectivity index is 2.48. The average Bonchev–Trinajstić information content (AvgIpc) is 2.56. The van der Waals surface area contributed by atoms with Gasteiger partial charge in [-0.1, -0.05) is 0 Å². The van der Waals surface area contributed by atoms with E-state index in [0.29, 0.717) is 0 Å². The Morgan fingerprint density at radius 2 is 2.25 bits per heavy atom. The third kappa shape index (κ3) is 1.38. The van der Waals surface area contributed by atoms with Gasteiger partial charge in [-0.15, -0.1) is 0 Å². The second kappa shape index (κ2) is 3.06. The van der Waals surface area contributed by atoms with Crippen LogP contribution < -0.4 is 0 Å². The zero-order valence-electron chi connectivity index (χ0n) is 6.18. The molecule has 0 bridgehead atoms. The van der Waals surface area contributed by atoms with Gasteiger partial charge < -0.3 is 0 Å². The molecule has 0 aliphatic carbocycles. The summed E-state index contributed by atoms with van der Waals surface area (Å²) in [4.78, 5) is 4.03. The van der Waals surface area contributed by atoms with Crippen LogP contribution in [-0.4, -0.2) is 14.8 Å². The van der Waals surface area contributed by atoms with Crippen LogP contribution in [0.1, 0.15) is 0 Å². The molecule has 0 aliphatic heterocycles. The first-order valence-corrected chi connectivity index (χ1v) is 4.27. The van der Waals surface area contributed by atoms with E-state index in [4.69, 9.17) is 0 Å². The molecule has 3 nitrogen and oxygen atoms in total. The molecule has 0 aliphatic rings. The Labute approximate surface area is 78.2 Å². The number of halogens is 1. The summed E-state index contributed by atoms with van der Waals surface area (Å²) in [6, 6.07) is 5.69. The first-order chi connectivity index (χ1) is 5.86. The van der Waals surface area contributed by atoms with Crippen LogP contribution in [0.3, 0.4) is 0 Å². The number of rotatable bonds is 1. The highest BCUT2D eigenvalue weighted by molar-refractivity contribution is 9.10. The molecule has 0 saturated heterocycles. The largest absolute Gasteiger partial charge is 0.249 e. The van der Waals surface area contributed by atoms with Crippen molar-refractivity contribution in [2.75, 3.05) is 0 Å². The SMILES string of the molecule is Brc1cc(-n2cccn2)ccn1. The molecule has 0 atom stereocenters. The van der Waals surface area contributed by atoms with Crippen LogP contribution in [0.2, 0.25) is 0 Å². The minimum atomic E-state index is 0.815. The van der Waals surface area contributed by atoms with Gasteiger partial charge in [-0.25, -0.2) is 9.67 Å². The number of hydrogen-bond acceptors (Lipinski definition) is 2. The van der Waals surface area contributed by atoms with Crippen LogP contribution in [0, 0.1) is 0 Å². The van der Waals surface area contributed by atoms with E-state index in [2.05, 4.69) is 26.0 Å². The zero-order chi connectivity index (χ0) is 8.39. The Morgan fingerprint density at radius 3 is 2.92 bits per heavy atom. The highest BCUT2D eigenvalue weighted by atomic mass is 79.9. The van der Waals surface area contributed by atoms with Crippen LogP contribution >= 0.6 is 15.9 Å². The van der Waals surface area contributed by atoms with Gasteiger partial charge >= 0.3 is 0 Å². The maximum atomic E-state index is 4.10. The molecule has 2 aromatic rings. The topological polar surface area (TPSA) is 30.7 Å². The Morgan fingerprint density at radius 1 is 1.33 bits per heavy atom. The first-order valence-electron chi connectivity index (χ1n) is 3.48. The molecule has 0 fully saturated rings. The van der Waals surface area contributed by atoms with Gasteiger partial charge in [-0.2, -0.15) is 5.10 Å². The summed E-state index contributed by atoms with van der Waals surface area (Å²) < 4.78 is 2.60. The summed E-state index contributed by atoms with van der Waals surface area (Å²) in [7, 11) is 0. The highest BCUT2D eigenvalue weighted by Gasteiger charge is 1.95. The maximum absolute atomic E-state index is 4.10. The van der Waals surface area contributed by atoms with Gasteiger partial charge in [0, 0.05) is 18.6 Å². The van der Waals surface area contributed by atoms with Crippen molar-refractivity contribution in [2.45, 2.75) is 0 Å². The van der Waals surface area contributed by atoms with Crippen LogP contribution in [0.25, 0.3) is 5.69 Å². The lowest BCUT2D eigenvalue weighted by molar-refractivity contribution is 0.876. The fraction of sp³-hybridized carbons (Fsp3) is 0. The second-order valence-electron chi connectivity index (χ2n) is 2.29. The molecule has 0 amide bonds. The zero-order valence-corrected chi connectivity index (χ0v) is 7.77. The van der Waals surface area contributed by atoms with Gasteiger partial charge in [0.15, 0.2) is 0 Å². The van der Waals surface area contributed by atoms with Crippen molar-refractivity contribution in [3.8, 4) is 5.69 Å². The Hall–Kier alpha value is -1.16. The molecular formula is C8H6BrN3. The van der Waals surface area contributed by atoms with Gasteiger partial charge in [-0.3, -0.25) is 0 Å². The van der Waals surface area contributed by atoms with Gasteiger partial charge in [0.25, 0.3) is 0 Å². The van der Waals surface area contributed by atoms with Crippen molar-refractivity contribution in [3.63, 3.8) is 0 Å². The van der Waals surface area contributed by atoms with Crippen molar-refractivity contribution < 1.29 is 0 Å². The molecule has 0 unspecified atom stereocenters. The van der Waals surface area contributed by atoms with E-state index in [1.54, 1.807) is 17.1 Å². The molecule has 0 N–H and O–H groups in total. The third-order valence-electron chi connectivity index (χ3n) is 1.48. The van der Waals surface area contributed by atoms with E-state index >= 15 is 0 Å². The molecule has 0 spiro atoms. The summed E-state index contributed by atoms with van der Waals surface area (Å²) >= 11 is 3.30. The number of pyridine rings is 1. The summed E-state index contributed by atoms with van der Waals surface area (Å²) in [5, 5.41) is 4.10. The lowest BCUT2D eigenvalue weighted by Crippen LogP contribution is -1.93. The molecule has 0 aromatic carbocycles. The minimum Gasteiger partial charge on any atom is -0.249 e. The first kappa shape index (κ1) is 7.49. The number of hydrogen-bond donors (Lipinski definition) is 0. The molecule has 12 heavy (non-hydrogen) atoms. The van der Waals surface area contributed by atoms with Crippen molar-refractivity contribution >= 4 is 15.9 Å². The van der Waals surface area contributed by atoms with Gasteiger partial charge in [-0.05, 0) is 34.1 Å². The summed E-state index contributed by atoms with van der Waals surface area (Å²) in [5.41, 5.74) is 1.00. The van der Waals surface area contributed by atoms with E-state index in [9.17, 15) is 0 Å². The van der Waals surface area contributed by atoms with Gasteiger partial charge in [0.1, 0.15) is 4.60 Å². The van der Waals surface area contributed by atoms with Crippen LogP contribution in [-0.2, 0) is 0 Å². The standard InChI is InChI=1S/C8H6BrN3/c9-8-6-7(2-4-10-8)12-5-1-3-11-12/h1-6H. The van der Waals surface area contributed by atoms with E-state index in [-0.39, 0.29) is 0 Å². The molecule has 60 valence electrons.